The zero-order chi connectivity index (χ0) is 13.0. The van der Waals surface area contributed by atoms with Gasteiger partial charge in [-0.25, -0.2) is 0 Å². The van der Waals surface area contributed by atoms with Crippen molar-refractivity contribution < 1.29 is 4.74 Å². The van der Waals surface area contributed by atoms with E-state index in [0.29, 0.717) is 6.04 Å². The van der Waals surface area contributed by atoms with Gasteiger partial charge in [-0.1, -0.05) is 28.8 Å². The molecule has 1 unspecified atom stereocenters. The highest BCUT2D eigenvalue weighted by molar-refractivity contribution is 9.10. The summed E-state index contributed by atoms with van der Waals surface area (Å²) in [6.07, 6.45) is 5.37. The molecule has 1 aliphatic rings. The Morgan fingerprint density at radius 2 is 2.11 bits per heavy atom. The van der Waals surface area contributed by atoms with E-state index in [1.54, 1.807) is 0 Å². The molecule has 1 N–H and O–H groups in total. The summed E-state index contributed by atoms with van der Waals surface area (Å²) in [5, 5.41) is 3.49. The predicted octanol–water partition coefficient (Wildman–Crippen LogP) is 4.30. The Morgan fingerprint density at radius 3 is 2.72 bits per heavy atom. The van der Waals surface area contributed by atoms with Crippen LogP contribution in [0.4, 0.5) is 0 Å². The van der Waals surface area contributed by atoms with E-state index in [2.05, 4.69) is 46.5 Å². The van der Waals surface area contributed by atoms with Gasteiger partial charge in [0.25, 0.3) is 0 Å². The molecule has 1 atom stereocenters. The van der Waals surface area contributed by atoms with Crippen molar-refractivity contribution in [1.29, 1.82) is 0 Å². The molecule has 1 saturated carbocycles. The van der Waals surface area contributed by atoms with Crippen molar-refractivity contribution in [2.75, 3.05) is 13.7 Å². The molecule has 0 spiro atoms. The third-order valence-corrected chi connectivity index (χ3v) is 4.28. The number of hydrogen-bond donors (Lipinski definition) is 1. The average Bonchev–Trinajstić information content (AvgIpc) is 2.87. The van der Waals surface area contributed by atoms with Gasteiger partial charge in [0.2, 0.25) is 0 Å². The van der Waals surface area contributed by atoms with Crippen LogP contribution < -0.4 is 10.1 Å². The molecule has 2 nitrogen and oxygen atoms in total. The van der Waals surface area contributed by atoms with Crippen molar-refractivity contribution in [3.05, 3.63) is 28.2 Å². The zero-order valence-electron chi connectivity index (χ0n) is 11.2. The first-order chi connectivity index (χ1) is 8.76. The molecule has 1 aliphatic carbocycles. The van der Waals surface area contributed by atoms with Crippen molar-refractivity contribution in [2.45, 2.75) is 38.6 Å². The Morgan fingerprint density at radius 1 is 1.39 bits per heavy atom. The van der Waals surface area contributed by atoms with Crippen molar-refractivity contribution in [3.63, 3.8) is 0 Å². The summed E-state index contributed by atoms with van der Waals surface area (Å²) >= 11 is 3.57. The molecule has 1 aromatic rings. The molecule has 1 aromatic carbocycles. The first-order valence-electron chi connectivity index (χ1n) is 6.85. The maximum atomic E-state index is 5.77. The van der Waals surface area contributed by atoms with Crippen LogP contribution in [0.2, 0.25) is 0 Å². The van der Waals surface area contributed by atoms with Gasteiger partial charge in [-0.05, 0) is 50.9 Å². The van der Waals surface area contributed by atoms with Gasteiger partial charge in [-0.15, -0.1) is 0 Å². The van der Waals surface area contributed by atoms with Crippen molar-refractivity contribution in [2.24, 2.45) is 5.92 Å². The number of benzene rings is 1. The predicted molar refractivity (Wildman–Crippen MR) is 79.1 cm³/mol. The highest BCUT2D eigenvalue weighted by Gasteiger charge is 2.27. The fourth-order valence-corrected chi connectivity index (χ4v) is 3.36. The van der Waals surface area contributed by atoms with Crippen molar-refractivity contribution in [1.82, 2.24) is 5.32 Å². The third-order valence-electron chi connectivity index (χ3n) is 3.79. The zero-order valence-corrected chi connectivity index (χ0v) is 12.8. The maximum Gasteiger partial charge on any atom is 0.124 e. The van der Waals surface area contributed by atoms with Crippen LogP contribution in [0, 0.1) is 5.92 Å². The Hall–Kier alpha value is -0.540. The van der Waals surface area contributed by atoms with E-state index in [1.165, 1.54) is 31.2 Å². The molecule has 0 saturated heterocycles. The van der Waals surface area contributed by atoms with Crippen LogP contribution in [0.25, 0.3) is 0 Å². The molecule has 100 valence electrons. The molecular formula is C15H22BrNO. The number of nitrogens with one attached hydrogen (secondary N) is 1. The minimum Gasteiger partial charge on any atom is -0.494 e. The van der Waals surface area contributed by atoms with E-state index < -0.39 is 0 Å². The van der Waals surface area contributed by atoms with E-state index in [4.69, 9.17) is 4.74 Å². The monoisotopic (exact) mass is 311 g/mol. The largest absolute Gasteiger partial charge is 0.494 e. The van der Waals surface area contributed by atoms with E-state index in [0.717, 1.165) is 22.7 Å². The van der Waals surface area contributed by atoms with Gasteiger partial charge >= 0.3 is 0 Å². The SMILES string of the molecule is CCOc1ccc(Br)cc1C(NC)C1CCCC1. The molecule has 2 rings (SSSR count). The second kappa shape index (κ2) is 6.58. The Kier molecular flexibility index (Phi) is 5.07. The fraction of sp³-hybridized carbons (Fsp3) is 0.600. The highest BCUT2D eigenvalue weighted by Crippen LogP contribution is 2.39. The van der Waals surface area contributed by atoms with E-state index in [1.807, 2.05) is 6.92 Å². The van der Waals surface area contributed by atoms with Crippen LogP contribution >= 0.6 is 15.9 Å². The molecule has 0 amide bonds. The van der Waals surface area contributed by atoms with Crippen molar-refractivity contribution >= 4 is 15.9 Å². The van der Waals surface area contributed by atoms with Crippen molar-refractivity contribution in [3.8, 4) is 5.75 Å². The van der Waals surface area contributed by atoms with Crippen LogP contribution in [0.3, 0.4) is 0 Å². The lowest BCUT2D eigenvalue weighted by Crippen LogP contribution is -2.24. The smallest absolute Gasteiger partial charge is 0.124 e. The van der Waals surface area contributed by atoms with Crippen LogP contribution in [0.1, 0.15) is 44.2 Å². The van der Waals surface area contributed by atoms with E-state index in [-0.39, 0.29) is 0 Å². The number of hydrogen-bond acceptors (Lipinski definition) is 2. The second-order valence-corrected chi connectivity index (χ2v) is 5.84. The van der Waals surface area contributed by atoms with Crippen LogP contribution in [-0.4, -0.2) is 13.7 Å². The van der Waals surface area contributed by atoms with E-state index >= 15 is 0 Å². The van der Waals surface area contributed by atoms with Gasteiger partial charge in [0.1, 0.15) is 5.75 Å². The standard InChI is InChI=1S/C15H22BrNO/c1-3-18-14-9-8-12(16)10-13(14)15(17-2)11-6-4-5-7-11/h8-11,15,17H,3-7H2,1-2H3. The summed E-state index contributed by atoms with van der Waals surface area (Å²) in [7, 11) is 2.06. The summed E-state index contributed by atoms with van der Waals surface area (Å²) in [5.74, 6) is 1.76. The molecule has 0 aromatic heterocycles. The topological polar surface area (TPSA) is 21.3 Å². The summed E-state index contributed by atoms with van der Waals surface area (Å²) in [4.78, 5) is 0. The maximum absolute atomic E-state index is 5.77. The lowest BCUT2D eigenvalue weighted by molar-refractivity contribution is 0.318. The highest BCUT2D eigenvalue weighted by atomic mass is 79.9. The molecule has 0 aliphatic heterocycles. The summed E-state index contributed by atoms with van der Waals surface area (Å²) in [6.45, 7) is 2.76. The first-order valence-corrected chi connectivity index (χ1v) is 7.65. The first kappa shape index (κ1) is 13.9. The number of ether oxygens (including phenoxy) is 1. The normalized spacial score (nSPS) is 17.9. The van der Waals surface area contributed by atoms with E-state index in [9.17, 15) is 0 Å². The van der Waals surface area contributed by atoms with Crippen LogP contribution in [0.5, 0.6) is 5.75 Å². The van der Waals surface area contributed by atoms with Gasteiger partial charge in [0.15, 0.2) is 0 Å². The summed E-state index contributed by atoms with van der Waals surface area (Å²) in [6, 6.07) is 6.73. The Balaban J connectivity index is 2.29. The van der Waals surface area contributed by atoms with Gasteiger partial charge in [-0.3, -0.25) is 0 Å². The Bertz CT molecular complexity index is 388. The minimum atomic E-state index is 0.409. The lowest BCUT2D eigenvalue weighted by atomic mass is 9.91. The second-order valence-electron chi connectivity index (χ2n) is 4.93. The van der Waals surface area contributed by atoms with Crippen LogP contribution in [-0.2, 0) is 0 Å². The summed E-state index contributed by atoms with van der Waals surface area (Å²) in [5.41, 5.74) is 1.29. The molecule has 0 radical (unpaired) electrons. The summed E-state index contributed by atoms with van der Waals surface area (Å²) < 4.78 is 6.90. The number of rotatable bonds is 5. The molecule has 0 bridgehead atoms. The number of halogens is 1. The van der Waals surface area contributed by atoms with Crippen LogP contribution in [0.15, 0.2) is 22.7 Å². The van der Waals surface area contributed by atoms with Gasteiger partial charge in [0.05, 0.1) is 6.61 Å². The van der Waals surface area contributed by atoms with Gasteiger partial charge in [-0.2, -0.15) is 0 Å². The Labute approximate surface area is 118 Å². The average molecular weight is 312 g/mol. The fourth-order valence-electron chi connectivity index (χ4n) is 2.99. The third kappa shape index (κ3) is 3.07. The quantitative estimate of drug-likeness (QED) is 0.875. The minimum absolute atomic E-state index is 0.409. The lowest BCUT2D eigenvalue weighted by Gasteiger charge is -2.25. The molecular weight excluding hydrogens is 290 g/mol. The van der Waals surface area contributed by atoms with Gasteiger partial charge in [0, 0.05) is 16.1 Å². The molecule has 18 heavy (non-hydrogen) atoms. The molecule has 0 heterocycles. The van der Waals surface area contributed by atoms with Gasteiger partial charge < -0.3 is 10.1 Å². The molecule has 3 heteroatoms. The molecule has 1 fully saturated rings.